The summed E-state index contributed by atoms with van der Waals surface area (Å²) in [6.07, 6.45) is 0. The van der Waals surface area contributed by atoms with Gasteiger partial charge in [0.1, 0.15) is 16.7 Å². The number of nitrogens with zero attached hydrogens (tertiary/aromatic N) is 2. The van der Waals surface area contributed by atoms with E-state index in [9.17, 15) is 10.2 Å². The lowest BCUT2D eigenvalue weighted by Gasteiger charge is -2.05. The lowest BCUT2D eigenvalue weighted by Crippen LogP contribution is -1.96. The van der Waals surface area contributed by atoms with Crippen molar-refractivity contribution < 1.29 is 10.2 Å². The van der Waals surface area contributed by atoms with Crippen molar-refractivity contribution >= 4 is 45.7 Å². The van der Waals surface area contributed by atoms with E-state index in [4.69, 9.17) is 34.8 Å². The molecule has 0 saturated carbocycles. The van der Waals surface area contributed by atoms with Crippen molar-refractivity contribution in [2.45, 2.75) is 0 Å². The van der Waals surface area contributed by atoms with Gasteiger partial charge in [-0.05, 0) is 24.3 Å². The maximum atomic E-state index is 9.63. The summed E-state index contributed by atoms with van der Waals surface area (Å²) in [5.74, 6) is -0.0281. The molecule has 0 amide bonds. The summed E-state index contributed by atoms with van der Waals surface area (Å²) in [5, 5.41) is 24.4. The van der Waals surface area contributed by atoms with Crippen LogP contribution in [-0.2, 0) is 0 Å². The van der Waals surface area contributed by atoms with E-state index in [1.54, 1.807) is 12.1 Å². The molecule has 7 heteroatoms. The Balaban J connectivity index is 2.32. The highest BCUT2D eigenvalue weighted by molar-refractivity contribution is 6.42. The molecule has 1 heterocycles. The standard InChI is InChI=1S/C13H7Cl3N2O2/c14-7-5-6(19)1-3-9(7)18-13(16)11-8(17-18)2-4-10(20)12(11)15/h1-5,19-20H. The van der Waals surface area contributed by atoms with Crippen LogP contribution in [0.25, 0.3) is 16.6 Å². The number of benzene rings is 2. The lowest BCUT2D eigenvalue weighted by molar-refractivity contribution is 0.475. The third-order valence-corrected chi connectivity index (χ3v) is 3.89. The van der Waals surface area contributed by atoms with Gasteiger partial charge in [0.2, 0.25) is 0 Å². The van der Waals surface area contributed by atoms with Crippen LogP contribution < -0.4 is 0 Å². The molecule has 0 spiro atoms. The highest BCUT2D eigenvalue weighted by Crippen LogP contribution is 2.38. The molecule has 2 N–H and O–H groups in total. The van der Waals surface area contributed by atoms with Crippen LogP contribution in [0.1, 0.15) is 0 Å². The summed E-state index contributed by atoms with van der Waals surface area (Å²) < 4.78 is 1.40. The highest BCUT2D eigenvalue weighted by Gasteiger charge is 2.17. The van der Waals surface area contributed by atoms with Gasteiger partial charge in [-0.1, -0.05) is 34.8 Å². The van der Waals surface area contributed by atoms with Crippen LogP contribution in [0.5, 0.6) is 11.5 Å². The first-order chi connectivity index (χ1) is 9.49. The van der Waals surface area contributed by atoms with Gasteiger partial charge >= 0.3 is 0 Å². The predicted octanol–water partition coefficient (Wildman–Crippen LogP) is 4.40. The zero-order chi connectivity index (χ0) is 14.4. The normalized spacial score (nSPS) is 11.2. The minimum absolute atomic E-state index is 0.0438. The Labute approximate surface area is 128 Å². The molecule has 1 aromatic heterocycles. The first-order valence-electron chi connectivity index (χ1n) is 5.53. The molecule has 0 atom stereocenters. The van der Waals surface area contributed by atoms with Gasteiger partial charge in [-0.15, -0.1) is 0 Å². The van der Waals surface area contributed by atoms with Gasteiger partial charge in [0.15, 0.2) is 0 Å². The molecule has 0 radical (unpaired) electrons. The summed E-state index contributed by atoms with van der Waals surface area (Å²) in [6, 6.07) is 7.49. The molecule has 0 fully saturated rings. The molecule has 3 aromatic rings. The molecule has 0 bridgehead atoms. The van der Waals surface area contributed by atoms with E-state index < -0.39 is 0 Å². The number of aromatic nitrogens is 2. The predicted molar refractivity (Wildman–Crippen MR) is 79.4 cm³/mol. The Kier molecular flexibility index (Phi) is 3.17. The quantitative estimate of drug-likeness (QED) is 0.696. The second-order valence-electron chi connectivity index (χ2n) is 4.13. The summed E-state index contributed by atoms with van der Waals surface area (Å²) >= 11 is 18.4. The minimum atomic E-state index is -0.0718. The molecule has 0 aliphatic carbocycles. The highest BCUT2D eigenvalue weighted by atomic mass is 35.5. The average molecular weight is 330 g/mol. The average Bonchev–Trinajstić information content (AvgIpc) is 2.72. The molecule has 0 saturated heterocycles. The second kappa shape index (κ2) is 4.74. The van der Waals surface area contributed by atoms with E-state index in [0.717, 1.165) is 0 Å². The monoisotopic (exact) mass is 328 g/mol. The summed E-state index contributed by atoms with van der Waals surface area (Å²) in [5.41, 5.74) is 1.03. The summed E-state index contributed by atoms with van der Waals surface area (Å²) in [7, 11) is 0. The third kappa shape index (κ3) is 1.97. The van der Waals surface area contributed by atoms with Crippen LogP contribution in [0.2, 0.25) is 15.2 Å². The molecule has 0 aliphatic heterocycles. The Hall–Kier alpha value is -1.62. The number of hydrogen-bond donors (Lipinski definition) is 2. The number of rotatable bonds is 1. The molecular weight excluding hydrogens is 323 g/mol. The van der Waals surface area contributed by atoms with Gasteiger partial charge in [0.05, 0.1) is 26.6 Å². The number of fused-ring (bicyclic) bond motifs is 1. The largest absolute Gasteiger partial charge is 0.508 e. The maximum Gasteiger partial charge on any atom is 0.142 e. The molecule has 4 nitrogen and oxygen atoms in total. The van der Waals surface area contributed by atoms with Crippen molar-refractivity contribution in [1.29, 1.82) is 0 Å². The van der Waals surface area contributed by atoms with E-state index in [-0.39, 0.29) is 21.7 Å². The zero-order valence-corrected chi connectivity index (χ0v) is 12.1. The fourth-order valence-electron chi connectivity index (χ4n) is 1.92. The van der Waals surface area contributed by atoms with Crippen molar-refractivity contribution in [3.63, 3.8) is 0 Å². The van der Waals surface area contributed by atoms with Gasteiger partial charge < -0.3 is 10.2 Å². The van der Waals surface area contributed by atoms with Gasteiger partial charge in [0, 0.05) is 6.07 Å². The van der Waals surface area contributed by atoms with E-state index >= 15 is 0 Å². The number of phenolic OH excluding ortho intramolecular Hbond substituents is 2. The first-order valence-corrected chi connectivity index (χ1v) is 6.67. The molecule has 2 aromatic carbocycles. The maximum absolute atomic E-state index is 9.63. The van der Waals surface area contributed by atoms with Gasteiger partial charge in [-0.25, -0.2) is 4.68 Å². The fourth-order valence-corrected chi connectivity index (χ4v) is 2.79. The zero-order valence-electron chi connectivity index (χ0n) is 9.81. The number of hydrogen-bond acceptors (Lipinski definition) is 3. The van der Waals surface area contributed by atoms with Gasteiger partial charge in [0.25, 0.3) is 0 Å². The Morgan fingerprint density at radius 2 is 1.75 bits per heavy atom. The molecule has 0 aliphatic rings. The van der Waals surface area contributed by atoms with E-state index in [1.807, 2.05) is 0 Å². The summed E-state index contributed by atoms with van der Waals surface area (Å²) in [6.45, 7) is 0. The van der Waals surface area contributed by atoms with E-state index in [1.165, 1.54) is 22.9 Å². The van der Waals surface area contributed by atoms with Crippen LogP contribution in [0.4, 0.5) is 0 Å². The van der Waals surface area contributed by atoms with Crippen LogP contribution in [0, 0.1) is 0 Å². The number of aromatic hydroxyl groups is 2. The van der Waals surface area contributed by atoms with Crippen molar-refractivity contribution in [2.24, 2.45) is 0 Å². The SMILES string of the molecule is Oc1ccc(-n2nc3ccc(O)c(Cl)c3c2Cl)c(Cl)c1. The second-order valence-corrected chi connectivity index (χ2v) is 5.27. The van der Waals surface area contributed by atoms with Crippen LogP contribution in [0.3, 0.4) is 0 Å². The minimum Gasteiger partial charge on any atom is -0.508 e. The molecule has 20 heavy (non-hydrogen) atoms. The number of phenols is 2. The number of halogens is 3. The van der Waals surface area contributed by atoms with Crippen molar-refractivity contribution in [2.75, 3.05) is 0 Å². The van der Waals surface area contributed by atoms with Crippen LogP contribution in [0.15, 0.2) is 30.3 Å². The first kappa shape index (κ1) is 13.4. The van der Waals surface area contributed by atoms with Crippen LogP contribution >= 0.6 is 34.8 Å². The summed E-state index contributed by atoms with van der Waals surface area (Å²) in [4.78, 5) is 0. The molecule has 102 valence electrons. The smallest absolute Gasteiger partial charge is 0.142 e. The van der Waals surface area contributed by atoms with Gasteiger partial charge in [-0.3, -0.25) is 0 Å². The van der Waals surface area contributed by atoms with E-state index in [0.29, 0.717) is 21.6 Å². The van der Waals surface area contributed by atoms with Gasteiger partial charge in [-0.2, -0.15) is 5.10 Å². The molecule has 0 unspecified atom stereocenters. The Morgan fingerprint density at radius 3 is 2.45 bits per heavy atom. The molecule has 3 rings (SSSR count). The molecular formula is C13H7Cl3N2O2. The van der Waals surface area contributed by atoms with Crippen molar-refractivity contribution in [3.05, 3.63) is 45.5 Å². The van der Waals surface area contributed by atoms with Crippen LogP contribution in [-0.4, -0.2) is 20.0 Å². The lowest BCUT2D eigenvalue weighted by atomic mass is 10.2. The van der Waals surface area contributed by atoms with E-state index in [2.05, 4.69) is 5.10 Å². The topological polar surface area (TPSA) is 58.3 Å². The Morgan fingerprint density at radius 1 is 1.00 bits per heavy atom. The fraction of sp³-hybridized carbons (Fsp3) is 0. The van der Waals surface area contributed by atoms with Crippen molar-refractivity contribution in [1.82, 2.24) is 9.78 Å². The Bertz CT molecular complexity index is 830. The van der Waals surface area contributed by atoms with Crippen molar-refractivity contribution in [3.8, 4) is 17.2 Å². The third-order valence-electron chi connectivity index (χ3n) is 2.86.